The zero-order chi connectivity index (χ0) is 8.55. The van der Waals surface area contributed by atoms with E-state index in [1.54, 1.807) is 6.07 Å². The minimum atomic E-state index is -0.164. The van der Waals surface area contributed by atoms with Gasteiger partial charge in [0.1, 0.15) is 4.70 Å². The van der Waals surface area contributed by atoms with Crippen molar-refractivity contribution < 1.29 is 0 Å². The monoisotopic (exact) mass is 176 g/mol. The number of aromatic nitrogens is 2. The third-order valence-corrected chi connectivity index (χ3v) is 2.35. The second kappa shape index (κ2) is 2.47. The molecule has 1 N–H and O–H groups in total. The van der Waals surface area contributed by atoms with Gasteiger partial charge in [0.05, 0.1) is 5.52 Å². The molecule has 0 fully saturated rings. The molecule has 0 saturated carbocycles. The van der Waals surface area contributed by atoms with Crippen molar-refractivity contribution in [2.45, 2.75) is 0 Å². The van der Waals surface area contributed by atoms with E-state index in [-0.39, 0.29) is 11.4 Å². The Bertz CT molecular complexity index is 518. The number of fused-ring (bicyclic) bond motifs is 1. The molecule has 0 saturated heterocycles. The molecule has 58 valence electrons. The first kappa shape index (κ1) is 7.07. The normalized spacial score (nSPS) is 9.92. The largest absolute Gasteiger partial charge is 0.299 e. The highest BCUT2D eigenvalue weighted by Crippen LogP contribution is 2.12. The van der Waals surface area contributed by atoms with Crippen LogP contribution in [0.5, 0.6) is 0 Å². The van der Waals surface area contributed by atoms with Crippen LogP contribution in [0.1, 0.15) is 5.82 Å². The molecule has 3 nitrogen and oxygen atoms in total. The summed E-state index contributed by atoms with van der Waals surface area (Å²) in [6.07, 6.45) is 5.10. The van der Waals surface area contributed by atoms with E-state index in [1.165, 1.54) is 11.3 Å². The number of hydrogen-bond acceptors (Lipinski definition) is 3. The molecule has 2 rings (SSSR count). The zero-order valence-electron chi connectivity index (χ0n) is 6.00. The summed E-state index contributed by atoms with van der Waals surface area (Å²) in [4.78, 5) is 17.8. The van der Waals surface area contributed by atoms with Crippen LogP contribution in [0.15, 0.2) is 16.2 Å². The summed E-state index contributed by atoms with van der Waals surface area (Å²) >= 11 is 1.36. The first-order chi connectivity index (χ1) is 5.81. The summed E-state index contributed by atoms with van der Waals surface area (Å²) in [5.41, 5.74) is 0.500. The molecule has 0 aliphatic heterocycles. The van der Waals surface area contributed by atoms with E-state index in [4.69, 9.17) is 6.42 Å². The highest BCUT2D eigenvalue weighted by Gasteiger charge is 2.01. The van der Waals surface area contributed by atoms with Crippen LogP contribution in [0.2, 0.25) is 0 Å². The van der Waals surface area contributed by atoms with Crippen LogP contribution in [-0.4, -0.2) is 9.97 Å². The maximum Gasteiger partial charge on any atom is 0.269 e. The van der Waals surface area contributed by atoms with E-state index in [0.29, 0.717) is 10.2 Å². The molecule has 2 aromatic rings. The van der Waals surface area contributed by atoms with Crippen molar-refractivity contribution in [3.05, 3.63) is 27.6 Å². The first-order valence-electron chi connectivity index (χ1n) is 3.25. The SMILES string of the molecule is C#Cc1nc2ccsc2c(=O)[nH]1. The zero-order valence-corrected chi connectivity index (χ0v) is 6.81. The fourth-order valence-electron chi connectivity index (χ4n) is 0.942. The fraction of sp³-hybridized carbons (Fsp3) is 0. The number of nitrogens with zero attached hydrogens (tertiary/aromatic N) is 1. The third kappa shape index (κ3) is 0.917. The van der Waals surface area contributed by atoms with Gasteiger partial charge in [-0.2, -0.15) is 0 Å². The molecule has 0 unspecified atom stereocenters. The van der Waals surface area contributed by atoms with Gasteiger partial charge in [-0.3, -0.25) is 9.78 Å². The Balaban J connectivity index is 2.96. The molecule has 0 aromatic carbocycles. The summed E-state index contributed by atoms with van der Waals surface area (Å²) in [6, 6.07) is 1.77. The Morgan fingerprint density at radius 3 is 3.25 bits per heavy atom. The Morgan fingerprint density at radius 1 is 1.67 bits per heavy atom. The predicted octanol–water partition coefficient (Wildman–Crippen LogP) is 0.966. The number of rotatable bonds is 0. The van der Waals surface area contributed by atoms with Crippen molar-refractivity contribution in [2.24, 2.45) is 0 Å². The highest BCUT2D eigenvalue weighted by atomic mass is 32.1. The second-order valence-corrected chi connectivity index (χ2v) is 3.11. The molecule has 0 amide bonds. The van der Waals surface area contributed by atoms with Crippen molar-refractivity contribution in [1.29, 1.82) is 0 Å². The summed E-state index contributed by atoms with van der Waals surface area (Å²) < 4.78 is 0.619. The molecule has 4 heteroatoms. The maximum atomic E-state index is 11.2. The summed E-state index contributed by atoms with van der Waals surface area (Å²) in [5, 5.41) is 1.81. The van der Waals surface area contributed by atoms with Gasteiger partial charge in [0.2, 0.25) is 0 Å². The third-order valence-electron chi connectivity index (χ3n) is 1.45. The standard InChI is InChI=1S/C8H4N2OS/c1-2-6-9-5-3-4-12-7(5)8(11)10-6/h1,3-4H,(H,9,10,11). The van der Waals surface area contributed by atoms with Crippen molar-refractivity contribution in [3.8, 4) is 12.3 Å². The smallest absolute Gasteiger partial charge is 0.269 e. The minimum Gasteiger partial charge on any atom is -0.299 e. The molecule has 0 radical (unpaired) electrons. The molecule has 0 spiro atoms. The Morgan fingerprint density at radius 2 is 2.50 bits per heavy atom. The quantitative estimate of drug-likeness (QED) is 0.608. The first-order valence-corrected chi connectivity index (χ1v) is 4.13. The number of aromatic amines is 1. The maximum absolute atomic E-state index is 11.2. The van der Waals surface area contributed by atoms with Crippen molar-refractivity contribution in [3.63, 3.8) is 0 Å². The van der Waals surface area contributed by atoms with Crippen molar-refractivity contribution in [2.75, 3.05) is 0 Å². The van der Waals surface area contributed by atoms with Gasteiger partial charge < -0.3 is 0 Å². The minimum absolute atomic E-state index is 0.164. The number of H-pyrrole nitrogens is 1. The molecular formula is C8H4N2OS. The molecule has 0 bridgehead atoms. The van der Waals surface area contributed by atoms with Crippen molar-refractivity contribution >= 4 is 21.6 Å². The van der Waals surface area contributed by atoms with Gasteiger partial charge in [-0.15, -0.1) is 17.8 Å². The van der Waals surface area contributed by atoms with Gasteiger partial charge in [-0.1, -0.05) is 0 Å². The van der Waals surface area contributed by atoms with Crippen LogP contribution in [0, 0.1) is 12.3 Å². The van der Waals surface area contributed by atoms with E-state index in [9.17, 15) is 4.79 Å². The van der Waals surface area contributed by atoms with Crippen LogP contribution in [0.4, 0.5) is 0 Å². The van der Waals surface area contributed by atoms with Crippen LogP contribution in [0.3, 0.4) is 0 Å². The lowest BCUT2D eigenvalue weighted by Gasteiger charge is -1.89. The molecule has 2 heterocycles. The van der Waals surface area contributed by atoms with Gasteiger partial charge in [0.25, 0.3) is 5.56 Å². The topological polar surface area (TPSA) is 45.8 Å². The molecular weight excluding hydrogens is 172 g/mol. The highest BCUT2D eigenvalue weighted by molar-refractivity contribution is 7.17. The Labute approximate surface area is 72.1 Å². The summed E-state index contributed by atoms with van der Waals surface area (Å²) in [7, 11) is 0. The average Bonchev–Trinajstić information content (AvgIpc) is 2.52. The van der Waals surface area contributed by atoms with E-state index in [0.717, 1.165) is 0 Å². The van der Waals surface area contributed by atoms with Gasteiger partial charge in [-0.25, -0.2) is 4.98 Å². The Kier molecular flexibility index (Phi) is 1.45. The van der Waals surface area contributed by atoms with Gasteiger partial charge in [0.15, 0.2) is 5.82 Å². The van der Waals surface area contributed by atoms with E-state index in [1.807, 2.05) is 5.38 Å². The van der Waals surface area contributed by atoms with Gasteiger partial charge in [-0.05, 0) is 17.4 Å². The predicted molar refractivity (Wildman–Crippen MR) is 48.2 cm³/mol. The molecule has 0 aliphatic carbocycles. The lowest BCUT2D eigenvalue weighted by atomic mass is 10.4. The van der Waals surface area contributed by atoms with Crippen LogP contribution in [0.25, 0.3) is 10.2 Å². The van der Waals surface area contributed by atoms with E-state index >= 15 is 0 Å². The van der Waals surface area contributed by atoms with E-state index < -0.39 is 0 Å². The lowest BCUT2D eigenvalue weighted by molar-refractivity contribution is 1.14. The van der Waals surface area contributed by atoms with Gasteiger partial charge >= 0.3 is 0 Å². The lowest BCUT2D eigenvalue weighted by Crippen LogP contribution is -2.07. The van der Waals surface area contributed by atoms with Crippen LogP contribution < -0.4 is 5.56 Å². The second-order valence-electron chi connectivity index (χ2n) is 2.19. The number of hydrogen-bond donors (Lipinski definition) is 1. The Hall–Kier alpha value is -1.60. The summed E-state index contributed by atoms with van der Waals surface area (Å²) in [5.74, 6) is 2.57. The molecule has 0 aliphatic rings. The van der Waals surface area contributed by atoms with Crippen molar-refractivity contribution in [1.82, 2.24) is 9.97 Å². The molecule has 0 atom stereocenters. The van der Waals surface area contributed by atoms with Crippen LogP contribution in [-0.2, 0) is 0 Å². The fourth-order valence-corrected chi connectivity index (χ4v) is 1.67. The van der Waals surface area contributed by atoms with E-state index in [2.05, 4.69) is 15.9 Å². The number of terminal acetylenes is 1. The number of nitrogens with one attached hydrogen (secondary N) is 1. The van der Waals surface area contributed by atoms with Crippen LogP contribution >= 0.6 is 11.3 Å². The van der Waals surface area contributed by atoms with Gasteiger partial charge in [0, 0.05) is 0 Å². The average molecular weight is 176 g/mol. The molecule has 2 aromatic heterocycles. The molecule has 12 heavy (non-hydrogen) atoms. The number of thiophene rings is 1. The summed E-state index contributed by atoms with van der Waals surface area (Å²) in [6.45, 7) is 0.